The Kier molecular flexibility index (Phi) is 6.98. The highest BCUT2D eigenvalue weighted by atomic mass is 16.5. The van der Waals surface area contributed by atoms with Crippen molar-refractivity contribution < 1.29 is 19.1 Å². The van der Waals surface area contributed by atoms with E-state index >= 15 is 0 Å². The van der Waals surface area contributed by atoms with Gasteiger partial charge in [0.2, 0.25) is 11.8 Å². The Labute approximate surface area is 178 Å². The molecule has 2 aromatic carbocycles. The molecule has 30 heavy (non-hydrogen) atoms. The molecule has 1 aliphatic rings. The number of ether oxygens (including phenoxy) is 2. The highest BCUT2D eigenvalue weighted by Crippen LogP contribution is 2.28. The number of nitrogens with one attached hydrogen (secondary N) is 1. The highest BCUT2D eigenvalue weighted by Gasteiger charge is 2.33. The van der Waals surface area contributed by atoms with Gasteiger partial charge in [-0.3, -0.25) is 9.59 Å². The second-order valence-corrected chi connectivity index (χ2v) is 7.83. The molecule has 0 unspecified atom stereocenters. The van der Waals surface area contributed by atoms with Crippen LogP contribution in [0.2, 0.25) is 0 Å². The Bertz CT molecular complexity index is 925. The minimum atomic E-state index is -0.298. The van der Waals surface area contributed by atoms with Crippen LogP contribution in [0, 0.1) is 19.8 Å². The van der Waals surface area contributed by atoms with E-state index in [1.165, 1.54) is 5.56 Å². The zero-order valence-corrected chi connectivity index (χ0v) is 18.2. The lowest BCUT2D eigenvalue weighted by Crippen LogP contribution is -2.33. The molecule has 1 atom stereocenters. The molecule has 1 N–H and O–H groups in total. The number of carbonyl (C=O) groups is 2. The molecular weight excluding hydrogens is 380 g/mol. The minimum Gasteiger partial charge on any atom is -0.493 e. The number of hydrogen-bond acceptors (Lipinski definition) is 4. The number of nitrogens with zero attached hydrogens (tertiary/aromatic N) is 1. The molecule has 0 bridgehead atoms. The average Bonchev–Trinajstić information content (AvgIpc) is 3.13. The SMILES string of the molecule is COc1ccc(CCN2C[C@H](C(=O)NCc3cc(C)ccc3C)CC2=O)cc1OC. The molecule has 3 rings (SSSR count). The van der Waals surface area contributed by atoms with Crippen LogP contribution in [0.5, 0.6) is 11.5 Å². The number of hydrogen-bond donors (Lipinski definition) is 1. The smallest absolute Gasteiger partial charge is 0.225 e. The second-order valence-electron chi connectivity index (χ2n) is 7.83. The fraction of sp³-hybridized carbons (Fsp3) is 0.417. The molecule has 1 aliphatic heterocycles. The molecule has 6 heteroatoms. The van der Waals surface area contributed by atoms with Crippen LogP contribution in [0.25, 0.3) is 0 Å². The van der Waals surface area contributed by atoms with E-state index in [-0.39, 0.29) is 24.2 Å². The van der Waals surface area contributed by atoms with E-state index in [1.54, 1.807) is 19.1 Å². The summed E-state index contributed by atoms with van der Waals surface area (Å²) >= 11 is 0. The number of benzene rings is 2. The van der Waals surface area contributed by atoms with E-state index in [4.69, 9.17) is 9.47 Å². The summed E-state index contributed by atoms with van der Waals surface area (Å²) in [6, 6.07) is 12.0. The molecule has 0 radical (unpaired) electrons. The summed E-state index contributed by atoms with van der Waals surface area (Å²) in [4.78, 5) is 26.8. The maximum atomic E-state index is 12.6. The van der Waals surface area contributed by atoms with Gasteiger partial charge < -0.3 is 19.7 Å². The van der Waals surface area contributed by atoms with Crippen LogP contribution in [-0.2, 0) is 22.6 Å². The molecule has 2 aromatic rings. The Morgan fingerprint density at radius 2 is 1.87 bits per heavy atom. The van der Waals surface area contributed by atoms with Gasteiger partial charge in [-0.05, 0) is 49.1 Å². The molecule has 1 heterocycles. The summed E-state index contributed by atoms with van der Waals surface area (Å²) in [5, 5.41) is 3.00. The first-order chi connectivity index (χ1) is 14.4. The standard InChI is InChI=1S/C24H30N2O4/c1-16-5-6-17(2)19(11-16)14-25-24(28)20-13-23(27)26(15-20)10-9-18-7-8-21(29-3)22(12-18)30-4/h5-8,11-12,20H,9-10,13-15H2,1-4H3,(H,25,28)/t20-/m1/s1. The second kappa shape index (κ2) is 9.65. The van der Waals surface area contributed by atoms with Gasteiger partial charge in [0, 0.05) is 26.1 Å². The van der Waals surface area contributed by atoms with E-state index in [9.17, 15) is 9.59 Å². The van der Waals surface area contributed by atoms with Crippen molar-refractivity contribution >= 4 is 11.8 Å². The lowest BCUT2D eigenvalue weighted by molar-refractivity contribution is -0.129. The summed E-state index contributed by atoms with van der Waals surface area (Å²) in [5.41, 5.74) is 4.49. The predicted molar refractivity (Wildman–Crippen MR) is 116 cm³/mol. The number of likely N-dealkylation sites (tertiary alicyclic amines) is 1. The predicted octanol–water partition coefficient (Wildman–Crippen LogP) is 3.03. The molecule has 160 valence electrons. The summed E-state index contributed by atoms with van der Waals surface area (Å²) in [5.74, 6) is 1.03. The lowest BCUT2D eigenvalue weighted by Gasteiger charge is -2.17. The summed E-state index contributed by atoms with van der Waals surface area (Å²) < 4.78 is 10.6. The average molecular weight is 411 g/mol. The Hall–Kier alpha value is -3.02. The lowest BCUT2D eigenvalue weighted by atomic mass is 10.0. The number of aryl methyl sites for hydroxylation is 2. The van der Waals surface area contributed by atoms with Gasteiger partial charge in [-0.25, -0.2) is 0 Å². The van der Waals surface area contributed by atoms with Crippen molar-refractivity contribution in [2.75, 3.05) is 27.3 Å². The fourth-order valence-corrected chi connectivity index (χ4v) is 3.78. The number of rotatable bonds is 8. The Balaban J connectivity index is 1.53. The van der Waals surface area contributed by atoms with E-state index < -0.39 is 0 Å². The van der Waals surface area contributed by atoms with E-state index in [1.807, 2.05) is 32.0 Å². The van der Waals surface area contributed by atoms with Gasteiger partial charge in [-0.2, -0.15) is 0 Å². The van der Waals surface area contributed by atoms with Crippen LogP contribution in [0.1, 0.15) is 28.7 Å². The number of carbonyl (C=O) groups excluding carboxylic acids is 2. The van der Waals surface area contributed by atoms with Gasteiger partial charge in [0.05, 0.1) is 20.1 Å². The van der Waals surface area contributed by atoms with Gasteiger partial charge >= 0.3 is 0 Å². The van der Waals surface area contributed by atoms with E-state index in [0.717, 1.165) is 16.7 Å². The maximum Gasteiger partial charge on any atom is 0.225 e. The molecule has 2 amide bonds. The van der Waals surface area contributed by atoms with Crippen molar-refractivity contribution in [1.29, 1.82) is 0 Å². The van der Waals surface area contributed by atoms with Crippen LogP contribution in [0.15, 0.2) is 36.4 Å². The molecule has 0 aliphatic carbocycles. The first-order valence-corrected chi connectivity index (χ1v) is 10.2. The molecule has 6 nitrogen and oxygen atoms in total. The summed E-state index contributed by atoms with van der Waals surface area (Å²) in [6.45, 7) is 5.61. The van der Waals surface area contributed by atoms with Crippen molar-refractivity contribution in [2.45, 2.75) is 33.2 Å². The third kappa shape index (κ3) is 5.12. The summed E-state index contributed by atoms with van der Waals surface area (Å²) in [6.07, 6.45) is 0.966. The topological polar surface area (TPSA) is 67.9 Å². The van der Waals surface area contributed by atoms with Crippen LogP contribution in [-0.4, -0.2) is 44.0 Å². The first-order valence-electron chi connectivity index (χ1n) is 10.2. The third-order valence-electron chi connectivity index (χ3n) is 5.66. The van der Waals surface area contributed by atoms with Crippen molar-refractivity contribution in [3.63, 3.8) is 0 Å². The highest BCUT2D eigenvalue weighted by molar-refractivity contribution is 5.89. The van der Waals surface area contributed by atoms with Crippen LogP contribution in [0.4, 0.5) is 0 Å². The zero-order valence-electron chi connectivity index (χ0n) is 18.2. The van der Waals surface area contributed by atoms with Crippen molar-refractivity contribution in [3.8, 4) is 11.5 Å². The third-order valence-corrected chi connectivity index (χ3v) is 5.66. The first kappa shape index (κ1) is 21.7. The quantitative estimate of drug-likeness (QED) is 0.726. The van der Waals surface area contributed by atoms with Gasteiger partial charge in [0.15, 0.2) is 11.5 Å². The van der Waals surface area contributed by atoms with Gasteiger partial charge in [-0.15, -0.1) is 0 Å². The summed E-state index contributed by atoms with van der Waals surface area (Å²) in [7, 11) is 3.21. The van der Waals surface area contributed by atoms with Crippen LogP contribution < -0.4 is 14.8 Å². The normalized spacial score (nSPS) is 15.9. The monoisotopic (exact) mass is 410 g/mol. The molecule has 1 fully saturated rings. The molecule has 0 spiro atoms. The number of amides is 2. The van der Waals surface area contributed by atoms with E-state index in [2.05, 4.69) is 23.5 Å². The molecule has 1 saturated heterocycles. The minimum absolute atomic E-state index is 0.0300. The van der Waals surface area contributed by atoms with Gasteiger partial charge in [-0.1, -0.05) is 29.8 Å². The molecule has 0 aromatic heterocycles. The van der Waals surface area contributed by atoms with Crippen LogP contribution in [0.3, 0.4) is 0 Å². The van der Waals surface area contributed by atoms with Crippen molar-refractivity contribution in [3.05, 3.63) is 58.7 Å². The van der Waals surface area contributed by atoms with Crippen molar-refractivity contribution in [2.24, 2.45) is 5.92 Å². The molecular formula is C24H30N2O4. The maximum absolute atomic E-state index is 12.6. The fourth-order valence-electron chi connectivity index (χ4n) is 3.78. The largest absolute Gasteiger partial charge is 0.493 e. The Morgan fingerprint density at radius 1 is 1.10 bits per heavy atom. The van der Waals surface area contributed by atoms with Crippen LogP contribution >= 0.6 is 0 Å². The zero-order chi connectivity index (χ0) is 21.7. The van der Waals surface area contributed by atoms with E-state index in [0.29, 0.717) is 37.6 Å². The number of methoxy groups -OCH3 is 2. The Morgan fingerprint density at radius 3 is 2.60 bits per heavy atom. The van der Waals surface area contributed by atoms with Gasteiger partial charge in [0.1, 0.15) is 0 Å². The van der Waals surface area contributed by atoms with Crippen molar-refractivity contribution in [1.82, 2.24) is 10.2 Å². The van der Waals surface area contributed by atoms with Gasteiger partial charge in [0.25, 0.3) is 0 Å². The molecule has 0 saturated carbocycles.